The molecule has 6 heteroatoms. The number of benzene rings is 1. The van der Waals surface area contributed by atoms with Gasteiger partial charge in [-0.1, -0.05) is 36.9 Å². The summed E-state index contributed by atoms with van der Waals surface area (Å²) >= 11 is 0. The second kappa shape index (κ2) is 7.17. The predicted octanol–water partition coefficient (Wildman–Crippen LogP) is 2.89. The van der Waals surface area contributed by atoms with Gasteiger partial charge in [0.05, 0.1) is 5.41 Å². The van der Waals surface area contributed by atoms with Crippen molar-refractivity contribution in [3.8, 4) is 0 Å². The maximum absolute atomic E-state index is 13.1. The molecule has 1 N–H and O–H groups in total. The van der Waals surface area contributed by atoms with Crippen molar-refractivity contribution in [2.75, 3.05) is 19.6 Å². The van der Waals surface area contributed by atoms with Crippen molar-refractivity contribution >= 4 is 11.8 Å². The molecule has 4 nitrogen and oxygen atoms in total. The molecule has 1 aromatic rings. The molecule has 1 heterocycles. The molecule has 2 fully saturated rings. The van der Waals surface area contributed by atoms with Crippen LogP contribution in [0.25, 0.3) is 0 Å². The van der Waals surface area contributed by atoms with E-state index in [0.29, 0.717) is 25.9 Å². The van der Waals surface area contributed by atoms with Gasteiger partial charge in [-0.25, -0.2) is 8.78 Å². The normalized spacial score (nSPS) is 21.5. The summed E-state index contributed by atoms with van der Waals surface area (Å²) in [7, 11) is 0. The molecule has 2 amide bonds. The van der Waals surface area contributed by atoms with Gasteiger partial charge >= 0.3 is 0 Å². The lowest BCUT2D eigenvalue weighted by atomic mass is 9.71. The van der Waals surface area contributed by atoms with Crippen LogP contribution in [0.15, 0.2) is 43.0 Å². The fraction of sp³-hybridized carbons (Fsp3) is 0.500. The Labute approximate surface area is 152 Å². The third-order valence-corrected chi connectivity index (χ3v) is 5.59. The molecule has 1 saturated carbocycles. The van der Waals surface area contributed by atoms with E-state index in [-0.39, 0.29) is 37.1 Å². The maximum Gasteiger partial charge on any atom is 0.248 e. The first-order valence-electron chi connectivity index (χ1n) is 8.99. The molecule has 1 saturated heterocycles. The highest BCUT2D eigenvalue weighted by molar-refractivity contribution is 5.90. The Morgan fingerprint density at radius 3 is 2.35 bits per heavy atom. The lowest BCUT2D eigenvalue weighted by molar-refractivity contribution is -0.135. The van der Waals surface area contributed by atoms with E-state index >= 15 is 0 Å². The van der Waals surface area contributed by atoms with Gasteiger partial charge in [-0.2, -0.15) is 0 Å². The molecule has 0 atom stereocenters. The number of carbonyl (C=O) groups is 2. The maximum atomic E-state index is 13.1. The minimum Gasteiger partial charge on any atom is -0.355 e. The average molecular weight is 362 g/mol. The Balaban J connectivity index is 1.71. The highest BCUT2D eigenvalue weighted by Gasteiger charge is 2.47. The molecule has 0 unspecified atom stereocenters. The fourth-order valence-corrected chi connectivity index (χ4v) is 3.98. The molecule has 140 valence electrons. The van der Waals surface area contributed by atoms with E-state index in [1.807, 2.05) is 30.3 Å². The van der Waals surface area contributed by atoms with Crippen molar-refractivity contribution in [1.82, 2.24) is 10.2 Å². The van der Waals surface area contributed by atoms with Crippen molar-refractivity contribution in [2.45, 2.75) is 37.0 Å². The van der Waals surface area contributed by atoms with Gasteiger partial charge in [-0.05, 0) is 30.4 Å². The fourth-order valence-electron chi connectivity index (χ4n) is 3.98. The number of hydrogen-bond donors (Lipinski definition) is 1. The van der Waals surface area contributed by atoms with Gasteiger partial charge in [0, 0.05) is 32.5 Å². The van der Waals surface area contributed by atoms with Crippen LogP contribution in [0, 0.1) is 5.92 Å². The van der Waals surface area contributed by atoms with E-state index in [9.17, 15) is 18.4 Å². The van der Waals surface area contributed by atoms with E-state index in [2.05, 4.69) is 11.9 Å². The summed E-state index contributed by atoms with van der Waals surface area (Å²) in [5.41, 5.74) is 0.174. The van der Waals surface area contributed by atoms with Crippen LogP contribution in [-0.4, -0.2) is 42.3 Å². The lowest BCUT2D eigenvalue weighted by Gasteiger charge is -2.42. The highest BCUT2D eigenvalue weighted by atomic mass is 19.3. The summed E-state index contributed by atoms with van der Waals surface area (Å²) in [5.74, 6) is -3.01. The Bertz CT molecular complexity index is 674. The zero-order valence-corrected chi connectivity index (χ0v) is 14.7. The number of nitrogens with one attached hydrogen (secondary N) is 1. The van der Waals surface area contributed by atoms with Crippen molar-refractivity contribution in [2.24, 2.45) is 5.92 Å². The van der Waals surface area contributed by atoms with Crippen molar-refractivity contribution in [3.63, 3.8) is 0 Å². The first-order chi connectivity index (χ1) is 12.4. The number of likely N-dealkylation sites (tertiary alicyclic amines) is 1. The van der Waals surface area contributed by atoms with Gasteiger partial charge in [0.2, 0.25) is 17.7 Å². The van der Waals surface area contributed by atoms with Gasteiger partial charge in [0.15, 0.2) is 0 Å². The molecule has 1 aliphatic heterocycles. The number of piperidine rings is 1. The van der Waals surface area contributed by atoms with Gasteiger partial charge < -0.3 is 10.2 Å². The zero-order chi connectivity index (χ0) is 18.8. The number of carbonyl (C=O) groups excluding carboxylic acids is 2. The summed E-state index contributed by atoms with van der Waals surface area (Å²) < 4.78 is 26.0. The molecule has 1 aliphatic carbocycles. The zero-order valence-electron chi connectivity index (χ0n) is 14.7. The van der Waals surface area contributed by atoms with Gasteiger partial charge in [-0.15, -0.1) is 0 Å². The third kappa shape index (κ3) is 3.64. The minimum absolute atomic E-state index is 0.135. The summed E-state index contributed by atoms with van der Waals surface area (Å²) in [5, 5.41) is 2.89. The first-order valence-corrected chi connectivity index (χ1v) is 8.99. The molecule has 0 spiro atoms. The van der Waals surface area contributed by atoms with Crippen LogP contribution < -0.4 is 5.32 Å². The molecule has 1 aromatic carbocycles. The average Bonchev–Trinajstić information content (AvgIpc) is 2.64. The van der Waals surface area contributed by atoms with E-state index in [1.54, 1.807) is 4.90 Å². The van der Waals surface area contributed by atoms with Crippen LogP contribution in [0.1, 0.15) is 31.2 Å². The van der Waals surface area contributed by atoms with Crippen LogP contribution in [0.4, 0.5) is 8.78 Å². The van der Waals surface area contributed by atoms with Gasteiger partial charge in [0.25, 0.3) is 0 Å². The molecule has 2 aliphatic rings. The highest BCUT2D eigenvalue weighted by Crippen LogP contribution is 2.42. The predicted molar refractivity (Wildman–Crippen MR) is 94.8 cm³/mol. The molecule has 26 heavy (non-hydrogen) atoms. The van der Waals surface area contributed by atoms with Crippen LogP contribution in [-0.2, 0) is 15.0 Å². The quantitative estimate of drug-likeness (QED) is 0.819. The molecule has 0 aromatic heterocycles. The van der Waals surface area contributed by atoms with Gasteiger partial charge in [0.1, 0.15) is 0 Å². The number of rotatable bonds is 5. The van der Waals surface area contributed by atoms with Crippen LogP contribution in [0.5, 0.6) is 0 Å². The smallest absolute Gasteiger partial charge is 0.248 e. The van der Waals surface area contributed by atoms with E-state index < -0.39 is 11.3 Å². The SMILES string of the molecule is C=CC(=O)N1CCC(C(=O)NCC2CC(F)(F)C2)(c2ccccc2)CC1. The van der Waals surface area contributed by atoms with E-state index in [1.165, 1.54) is 6.08 Å². The van der Waals surface area contributed by atoms with Crippen LogP contribution in [0.3, 0.4) is 0 Å². The van der Waals surface area contributed by atoms with Crippen LogP contribution >= 0.6 is 0 Å². The standard InChI is InChI=1S/C20H24F2N2O2/c1-2-17(25)24-10-8-19(9-11-24,16-6-4-3-5-7-16)18(26)23-14-15-12-20(21,22)13-15/h2-7,15H,1,8-14H2,(H,23,26). The Kier molecular flexibility index (Phi) is 5.12. The monoisotopic (exact) mass is 362 g/mol. The molecular weight excluding hydrogens is 338 g/mol. The number of alkyl halides is 2. The number of amides is 2. The van der Waals surface area contributed by atoms with E-state index in [4.69, 9.17) is 0 Å². The minimum atomic E-state index is -2.58. The van der Waals surface area contributed by atoms with E-state index in [0.717, 1.165) is 5.56 Å². The molecular formula is C20H24F2N2O2. The number of halogens is 2. The molecule has 3 rings (SSSR count). The Morgan fingerprint density at radius 1 is 1.19 bits per heavy atom. The summed E-state index contributed by atoms with van der Waals surface area (Å²) in [4.78, 5) is 26.6. The third-order valence-electron chi connectivity index (χ3n) is 5.59. The largest absolute Gasteiger partial charge is 0.355 e. The summed E-state index contributed by atoms with van der Waals surface area (Å²) in [6.45, 7) is 4.72. The van der Waals surface area contributed by atoms with Crippen molar-refractivity contribution in [1.29, 1.82) is 0 Å². The number of nitrogens with zero attached hydrogens (tertiary/aromatic N) is 1. The second-order valence-electron chi connectivity index (χ2n) is 7.32. The molecule has 0 radical (unpaired) electrons. The van der Waals surface area contributed by atoms with Crippen molar-refractivity contribution in [3.05, 3.63) is 48.6 Å². The van der Waals surface area contributed by atoms with Crippen LogP contribution in [0.2, 0.25) is 0 Å². The second-order valence-corrected chi connectivity index (χ2v) is 7.32. The van der Waals surface area contributed by atoms with Gasteiger partial charge in [-0.3, -0.25) is 9.59 Å². The Morgan fingerprint density at radius 2 is 1.81 bits per heavy atom. The lowest BCUT2D eigenvalue weighted by Crippen LogP contribution is -2.54. The van der Waals surface area contributed by atoms with Crippen molar-refractivity contribution < 1.29 is 18.4 Å². The Hall–Kier alpha value is -2.24. The molecule has 0 bridgehead atoms. The first kappa shape index (κ1) is 18.5. The summed E-state index contributed by atoms with van der Waals surface area (Å²) in [6, 6.07) is 9.50. The topological polar surface area (TPSA) is 49.4 Å². The summed E-state index contributed by atoms with van der Waals surface area (Å²) in [6.07, 6.45) is 1.97. The number of hydrogen-bond acceptors (Lipinski definition) is 2.